The van der Waals surface area contributed by atoms with Crippen LogP contribution in [-0.2, 0) is 18.0 Å². The highest BCUT2D eigenvalue weighted by Gasteiger charge is 2.22. The van der Waals surface area contributed by atoms with E-state index in [1.54, 1.807) is 0 Å². The van der Waals surface area contributed by atoms with Crippen molar-refractivity contribution in [3.63, 3.8) is 0 Å². The Hall–Kier alpha value is -2.78. The summed E-state index contributed by atoms with van der Waals surface area (Å²) in [5.41, 5.74) is 5.04. The van der Waals surface area contributed by atoms with Crippen LogP contribution in [-0.4, -0.2) is 10.2 Å². The molecule has 23 heavy (non-hydrogen) atoms. The number of ether oxygens (including phenoxy) is 1. The predicted molar refractivity (Wildman–Crippen MR) is 89.1 cm³/mol. The van der Waals surface area contributed by atoms with Gasteiger partial charge in [0.25, 0.3) is 0 Å². The fourth-order valence-electron chi connectivity index (χ4n) is 3.18. The molecule has 0 aromatic heterocycles. The summed E-state index contributed by atoms with van der Waals surface area (Å²) in [6, 6.07) is 18.7. The minimum Gasteiger partial charge on any atom is -0.507 e. The van der Waals surface area contributed by atoms with Gasteiger partial charge in [0.1, 0.15) is 11.5 Å². The van der Waals surface area contributed by atoms with Gasteiger partial charge in [-0.15, -0.1) is 0 Å². The van der Waals surface area contributed by atoms with Crippen molar-refractivity contribution in [2.45, 2.75) is 13.2 Å². The molecular formula is C20H16O3. The van der Waals surface area contributed by atoms with Crippen LogP contribution in [0.15, 0.2) is 60.7 Å². The van der Waals surface area contributed by atoms with Gasteiger partial charge in [-0.3, -0.25) is 0 Å². The van der Waals surface area contributed by atoms with E-state index in [0.717, 1.165) is 22.3 Å². The van der Waals surface area contributed by atoms with E-state index in [4.69, 9.17) is 4.74 Å². The third-order valence-corrected chi connectivity index (χ3v) is 4.25. The summed E-state index contributed by atoms with van der Waals surface area (Å²) in [5, 5.41) is 21.0. The van der Waals surface area contributed by atoms with Gasteiger partial charge in [-0.05, 0) is 34.4 Å². The predicted octanol–water partition coefficient (Wildman–Crippen LogP) is 4.46. The first-order valence-electron chi connectivity index (χ1n) is 7.55. The Kier molecular flexibility index (Phi) is 3.28. The molecule has 0 atom stereocenters. The molecule has 0 aliphatic carbocycles. The van der Waals surface area contributed by atoms with Crippen LogP contribution in [0.4, 0.5) is 0 Å². The van der Waals surface area contributed by atoms with Crippen LogP contribution in [0.2, 0.25) is 0 Å². The fraction of sp³-hybridized carbons (Fsp3) is 0.100. The normalized spacial score (nSPS) is 13.0. The van der Waals surface area contributed by atoms with E-state index < -0.39 is 0 Å². The molecule has 3 heteroatoms. The molecule has 114 valence electrons. The minimum absolute atomic E-state index is 0.155. The lowest BCUT2D eigenvalue weighted by Crippen LogP contribution is -1.95. The molecular weight excluding hydrogens is 288 g/mol. The second kappa shape index (κ2) is 5.45. The lowest BCUT2D eigenvalue weighted by atomic mass is 9.89. The van der Waals surface area contributed by atoms with E-state index in [1.165, 1.54) is 12.1 Å². The zero-order valence-electron chi connectivity index (χ0n) is 12.5. The molecule has 3 aromatic rings. The minimum atomic E-state index is 0.155. The molecule has 4 rings (SSSR count). The van der Waals surface area contributed by atoms with Crippen molar-refractivity contribution in [2.24, 2.45) is 0 Å². The first-order chi connectivity index (χ1) is 11.3. The Morgan fingerprint density at radius 3 is 1.52 bits per heavy atom. The molecule has 3 nitrogen and oxygen atoms in total. The van der Waals surface area contributed by atoms with Gasteiger partial charge in [-0.2, -0.15) is 0 Å². The molecule has 0 saturated carbocycles. The maximum absolute atomic E-state index is 10.5. The molecule has 1 aliphatic heterocycles. The third kappa shape index (κ3) is 2.26. The van der Waals surface area contributed by atoms with Crippen molar-refractivity contribution in [3.8, 4) is 33.8 Å². The number of fused-ring (bicyclic) bond motifs is 5. The van der Waals surface area contributed by atoms with Gasteiger partial charge in [0.15, 0.2) is 0 Å². The molecule has 1 heterocycles. The van der Waals surface area contributed by atoms with Crippen LogP contribution in [0.25, 0.3) is 22.3 Å². The summed E-state index contributed by atoms with van der Waals surface area (Å²) < 4.78 is 5.86. The Balaban J connectivity index is 2.13. The third-order valence-electron chi connectivity index (χ3n) is 4.25. The second-order valence-corrected chi connectivity index (χ2v) is 5.66. The lowest BCUT2D eigenvalue weighted by Gasteiger charge is -2.16. The largest absolute Gasteiger partial charge is 0.507 e. The van der Waals surface area contributed by atoms with Crippen LogP contribution >= 0.6 is 0 Å². The summed E-state index contributed by atoms with van der Waals surface area (Å²) in [5.74, 6) is 0.309. The second-order valence-electron chi connectivity index (χ2n) is 5.66. The maximum atomic E-state index is 10.5. The first kappa shape index (κ1) is 13.9. The van der Waals surface area contributed by atoms with Gasteiger partial charge in [0.2, 0.25) is 0 Å². The van der Waals surface area contributed by atoms with E-state index in [2.05, 4.69) is 0 Å². The van der Waals surface area contributed by atoms with E-state index in [1.807, 2.05) is 48.5 Å². The van der Waals surface area contributed by atoms with E-state index >= 15 is 0 Å². The lowest BCUT2D eigenvalue weighted by molar-refractivity contribution is 0.108. The van der Waals surface area contributed by atoms with Crippen molar-refractivity contribution in [1.82, 2.24) is 0 Å². The standard InChI is InChI=1S/C20H16O3/c21-17-9-10-18(22)20-16-8-4-2-6-14(16)12-23-11-13-5-1-3-7-15(13)19(17)20/h1-10,21-22H,11-12H2. The zero-order valence-corrected chi connectivity index (χ0v) is 12.5. The van der Waals surface area contributed by atoms with Gasteiger partial charge < -0.3 is 14.9 Å². The number of phenols is 2. The molecule has 3 aromatic carbocycles. The van der Waals surface area contributed by atoms with Crippen LogP contribution in [0.3, 0.4) is 0 Å². The van der Waals surface area contributed by atoms with Crippen molar-refractivity contribution >= 4 is 0 Å². The van der Waals surface area contributed by atoms with Gasteiger partial charge >= 0.3 is 0 Å². The number of rotatable bonds is 0. The number of hydrogen-bond acceptors (Lipinski definition) is 3. The highest BCUT2D eigenvalue weighted by Crippen LogP contribution is 2.46. The van der Waals surface area contributed by atoms with Crippen molar-refractivity contribution in [2.75, 3.05) is 0 Å². The van der Waals surface area contributed by atoms with E-state index in [-0.39, 0.29) is 11.5 Å². The summed E-state index contributed by atoms with van der Waals surface area (Å²) in [6.07, 6.45) is 0. The van der Waals surface area contributed by atoms with Crippen molar-refractivity contribution < 1.29 is 14.9 Å². The highest BCUT2D eigenvalue weighted by molar-refractivity contribution is 5.93. The molecule has 0 saturated heterocycles. The van der Waals surface area contributed by atoms with Crippen LogP contribution in [0, 0.1) is 0 Å². The molecule has 1 aliphatic rings. The summed E-state index contributed by atoms with van der Waals surface area (Å²) in [7, 11) is 0. The number of aromatic hydroxyl groups is 2. The SMILES string of the molecule is Oc1ccc(O)c2c1-c1ccccc1COCc1ccccc1-2. The molecule has 0 fully saturated rings. The Morgan fingerprint density at radius 1 is 0.609 bits per heavy atom. The molecule has 0 spiro atoms. The molecule has 0 radical (unpaired) electrons. The Bertz CT molecular complexity index is 811. The van der Waals surface area contributed by atoms with Crippen molar-refractivity contribution in [3.05, 3.63) is 71.8 Å². The van der Waals surface area contributed by atoms with E-state index in [0.29, 0.717) is 24.3 Å². The van der Waals surface area contributed by atoms with Gasteiger partial charge in [0.05, 0.1) is 13.2 Å². The smallest absolute Gasteiger partial charge is 0.124 e. The highest BCUT2D eigenvalue weighted by atomic mass is 16.5. The Labute approximate surface area is 134 Å². The van der Waals surface area contributed by atoms with Gasteiger partial charge in [-0.1, -0.05) is 48.5 Å². The monoisotopic (exact) mass is 304 g/mol. The summed E-state index contributed by atoms with van der Waals surface area (Å²) >= 11 is 0. The van der Waals surface area contributed by atoms with E-state index in [9.17, 15) is 10.2 Å². The van der Waals surface area contributed by atoms with Crippen LogP contribution in [0.5, 0.6) is 11.5 Å². The number of phenolic OH excluding ortho intramolecular Hbond substituents is 2. The number of hydrogen-bond donors (Lipinski definition) is 2. The maximum Gasteiger partial charge on any atom is 0.124 e. The molecule has 0 bridgehead atoms. The first-order valence-corrected chi connectivity index (χ1v) is 7.55. The molecule has 2 N–H and O–H groups in total. The number of benzene rings is 3. The van der Waals surface area contributed by atoms with Gasteiger partial charge in [-0.25, -0.2) is 0 Å². The average molecular weight is 304 g/mol. The molecule has 0 unspecified atom stereocenters. The van der Waals surface area contributed by atoms with Crippen LogP contribution in [0.1, 0.15) is 11.1 Å². The summed E-state index contributed by atoms with van der Waals surface area (Å²) in [4.78, 5) is 0. The summed E-state index contributed by atoms with van der Waals surface area (Å²) in [6.45, 7) is 0.915. The Morgan fingerprint density at radius 2 is 1.04 bits per heavy atom. The molecule has 0 amide bonds. The average Bonchev–Trinajstić information content (AvgIpc) is 2.64. The zero-order chi connectivity index (χ0) is 15.8. The quantitative estimate of drug-likeness (QED) is 0.603. The fourth-order valence-corrected chi connectivity index (χ4v) is 3.18. The van der Waals surface area contributed by atoms with Gasteiger partial charge in [0, 0.05) is 11.1 Å². The van der Waals surface area contributed by atoms with Crippen LogP contribution < -0.4 is 0 Å². The topological polar surface area (TPSA) is 49.7 Å². The van der Waals surface area contributed by atoms with Crippen molar-refractivity contribution in [1.29, 1.82) is 0 Å².